The van der Waals surface area contributed by atoms with Crippen LogP contribution in [0, 0.1) is 0 Å². The zero-order chi connectivity index (χ0) is 20.0. The second-order valence-electron chi connectivity index (χ2n) is 8.52. The van der Waals surface area contributed by atoms with Gasteiger partial charge in [0, 0.05) is 17.9 Å². The summed E-state index contributed by atoms with van der Waals surface area (Å²) < 4.78 is 5.78. The van der Waals surface area contributed by atoms with E-state index in [0.29, 0.717) is 6.42 Å². The highest BCUT2D eigenvalue weighted by atomic mass is 16.6. The summed E-state index contributed by atoms with van der Waals surface area (Å²) in [6.07, 6.45) is 5.05. The summed E-state index contributed by atoms with van der Waals surface area (Å²) in [6.45, 7) is 0.228. The van der Waals surface area contributed by atoms with Gasteiger partial charge < -0.3 is 9.84 Å². The average molecular weight is 391 g/mol. The van der Waals surface area contributed by atoms with E-state index in [4.69, 9.17) is 4.74 Å². The van der Waals surface area contributed by atoms with E-state index in [1.54, 1.807) is 0 Å². The number of carbonyl (C=O) groups excluding carboxylic acids is 1. The smallest absolute Gasteiger partial charge is 0.411 e. The third kappa shape index (κ3) is 2.83. The molecule has 1 amide bonds. The molecule has 2 aromatic rings. The highest BCUT2D eigenvalue weighted by Gasteiger charge is 2.57. The van der Waals surface area contributed by atoms with Crippen molar-refractivity contribution in [2.24, 2.45) is 0 Å². The van der Waals surface area contributed by atoms with Gasteiger partial charge in [0.25, 0.3) is 0 Å². The van der Waals surface area contributed by atoms with Gasteiger partial charge in [0.05, 0.1) is 0 Å². The number of aliphatic carboxylic acids is 1. The molecule has 3 aliphatic rings. The number of likely N-dealkylation sites (tertiary alicyclic amines) is 1. The Balaban J connectivity index is 1.37. The second kappa shape index (κ2) is 6.90. The third-order valence-corrected chi connectivity index (χ3v) is 7.00. The van der Waals surface area contributed by atoms with E-state index in [1.807, 2.05) is 24.3 Å². The van der Waals surface area contributed by atoms with Crippen molar-refractivity contribution in [2.45, 2.75) is 56.0 Å². The van der Waals surface area contributed by atoms with Crippen molar-refractivity contribution in [2.75, 3.05) is 6.61 Å². The summed E-state index contributed by atoms with van der Waals surface area (Å²) in [5.41, 5.74) is 4.37. The van der Waals surface area contributed by atoms with Crippen LogP contribution in [0.4, 0.5) is 4.79 Å². The molecule has 1 spiro atoms. The van der Waals surface area contributed by atoms with Gasteiger partial charge in [0.1, 0.15) is 12.6 Å². The minimum absolute atomic E-state index is 0.0155. The van der Waals surface area contributed by atoms with Crippen LogP contribution in [0.5, 0.6) is 0 Å². The van der Waals surface area contributed by atoms with E-state index in [1.165, 1.54) is 16.0 Å². The molecular formula is C24H25NO4. The second-order valence-corrected chi connectivity index (χ2v) is 8.52. The van der Waals surface area contributed by atoms with E-state index >= 15 is 0 Å². The molecule has 2 aromatic carbocycles. The SMILES string of the molecule is O=C(O)C1CC2(CCCCC2)N1C(=O)OCC1c2ccccc2-c2ccccc21. The summed E-state index contributed by atoms with van der Waals surface area (Å²) in [5, 5.41) is 9.56. The van der Waals surface area contributed by atoms with Crippen LogP contribution in [0.15, 0.2) is 48.5 Å². The maximum Gasteiger partial charge on any atom is 0.411 e. The first kappa shape index (κ1) is 18.2. The molecule has 0 bridgehead atoms. The summed E-state index contributed by atoms with van der Waals surface area (Å²) in [6, 6.07) is 15.7. The summed E-state index contributed by atoms with van der Waals surface area (Å²) in [7, 11) is 0. The first-order valence-corrected chi connectivity index (χ1v) is 10.5. The van der Waals surface area contributed by atoms with Crippen LogP contribution in [0.2, 0.25) is 0 Å². The van der Waals surface area contributed by atoms with Crippen LogP contribution in [-0.2, 0) is 9.53 Å². The van der Waals surface area contributed by atoms with Gasteiger partial charge in [0.2, 0.25) is 0 Å². The molecule has 2 fully saturated rings. The molecule has 1 unspecified atom stereocenters. The summed E-state index contributed by atoms with van der Waals surface area (Å²) in [4.78, 5) is 26.2. The van der Waals surface area contributed by atoms with Gasteiger partial charge >= 0.3 is 12.1 Å². The van der Waals surface area contributed by atoms with Crippen molar-refractivity contribution in [3.8, 4) is 11.1 Å². The molecule has 29 heavy (non-hydrogen) atoms. The molecule has 150 valence electrons. The molecular weight excluding hydrogens is 366 g/mol. The molecule has 5 rings (SSSR count). The minimum Gasteiger partial charge on any atom is -0.480 e. The normalized spacial score (nSPS) is 21.9. The van der Waals surface area contributed by atoms with Crippen LogP contribution in [-0.4, -0.2) is 40.3 Å². The van der Waals surface area contributed by atoms with Crippen LogP contribution in [0.3, 0.4) is 0 Å². The lowest BCUT2D eigenvalue weighted by Crippen LogP contribution is -2.70. The van der Waals surface area contributed by atoms with Crippen LogP contribution in [0.1, 0.15) is 55.6 Å². The number of fused-ring (bicyclic) bond motifs is 3. The van der Waals surface area contributed by atoms with Crippen molar-refractivity contribution in [1.29, 1.82) is 0 Å². The molecule has 1 saturated carbocycles. The number of amides is 1. The summed E-state index contributed by atoms with van der Waals surface area (Å²) in [5.74, 6) is -0.951. The Morgan fingerprint density at radius 1 is 0.966 bits per heavy atom. The molecule has 1 heterocycles. The molecule has 1 N–H and O–H groups in total. The fourth-order valence-electron chi connectivity index (χ4n) is 5.60. The Kier molecular flexibility index (Phi) is 4.34. The Hall–Kier alpha value is -2.82. The number of nitrogens with zero attached hydrogens (tertiary/aromatic N) is 1. The van der Waals surface area contributed by atoms with Crippen molar-refractivity contribution in [1.82, 2.24) is 4.90 Å². The fraction of sp³-hybridized carbons (Fsp3) is 0.417. The zero-order valence-corrected chi connectivity index (χ0v) is 16.3. The van der Waals surface area contributed by atoms with E-state index in [0.717, 1.165) is 43.2 Å². The molecule has 1 aliphatic heterocycles. The Labute approximate surface area is 170 Å². The number of carboxylic acid groups (broad SMARTS) is 1. The van der Waals surface area contributed by atoms with Crippen LogP contribution < -0.4 is 0 Å². The fourth-order valence-corrected chi connectivity index (χ4v) is 5.60. The maximum absolute atomic E-state index is 13.0. The van der Waals surface area contributed by atoms with Gasteiger partial charge in [-0.25, -0.2) is 9.59 Å². The molecule has 0 aromatic heterocycles. The van der Waals surface area contributed by atoms with Gasteiger partial charge in [-0.15, -0.1) is 0 Å². The highest BCUT2D eigenvalue weighted by molar-refractivity contribution is 5.84. The number of hydrogen-bond acceptors (Lipinski definition) is 3. The van der Waals surface area contributed by atoms with Crippen LogP contribution >= 0.6 is 0 Å². The topological polar surface area (TPSA) is 66.8 Å². The average Bonchev–Trinajstić information content (AvgIpc) is 3.05. The predicted molar refractivity (Wildman–Crippen MR) is 109 cm³/mol. The maximum atomic E-state index is 13.0. The van der Waals surface area contributed by atoms with E-state index in [2.05, 4.69) is 24.3 Å². The molecule has 2 aliphatic carbocycles. The number of carboxylic acids is 1. The number of hydrogen-bond donors (Lipinski definition) is 1. The van der Waals surface area contributed by atoms with Crippen molar-refractivity contribution in [3.63, 3.8) is 0 Å². The molecule has 5 nitrogen and oxygen atoms in total. The quantitative estimate of drug-likeness (QED) is 0.816. The molecule has 1 saturated heterocycles. The monoisotopic (exact) mass is 391 g/mol. The number of ether oxygens (including phenoxy) is 1. The van der Waals surface area contributed by atoms with E-state index < -0.39 is 18.1 Å². The molecule has 5 heteroatoms. The lowest BCUT2D eigenvalue weighted by atomic mass is 9.69. The minimum atomic E-state index is -0.935. The van der Waals surface area contributed by atoms with Crippen molar-refractivity contribution < 1.29 is 19.4 Å². The lowest BCUT2D eigenvalue weighted by molar-refractivity contribution is -0.160. The zero-order valence-electron chi connectivity index (χ0n) is 16.3. The van der Waals surface area contributed by atoms with Gasteiger partial charge in [-0.1, -0.05) is 67.8 Å². The summed E-state index contributed by atoms with van der Waals surface area (Å²) >= 11 is 0. The highest BCUT2D eigenvalue weighted by Crippen LogP contribution is 2.48. The van der Waals surface area contributed by atoms with Gasteiger partial charge in [-0.2, -0.15) is 0 Å². The van der Waals surface area contributed by atoms with Gasteiger partial charge in [-0.3, -0.25) is 4.90 Å². The largest absolute Gasteiger partial charge is 0.480 e. The Morgan fingerprint density at radius 2 is 1.55 bits per heavy atom. The first-order chi connectivity index (χ1) is 14.1. The molecule has 0 radical (unpaired) electrons. The number of rotatable bonds is 3. The van der Waals surface area contributed by atoms with Crippen LogP contribution in [0.25, 0.3) is 11.1 Å². The number of benzene rings is 2. The van der Waals surface area contributed by atoms with Crippen molar-refractivity contribution >= 4 is 12.1 Å². The molecule has 1 atom stereocenters. The Bertz CT molecular complexity index is 917. The van der Waals surface area contributed by atoms with Crippen molar-refractivity contribution in [3.05, 3.63) is 59.7 Å². The standard InChI is InChI=1S/C24H25NO4/c26-22(27)21-14-24(12-6-1-7-13-24)25(21)23(28)29-15-20-18-10-4-2-8-16(18)17-9-3-5-11-19(17)20/h2-5,8-11,20-21H,1,6-7,12-15H2,(H,26,27). The lowest BCUT2D eigenvalue weighted by Gasteiger charge is -2.57. The van der Waals surface area contributed by atoms with Gasteiger partial charge in [0.15, 0.2) is 0 Å². The van der Waals surface area contributed by atoms with Gasteiger partial charge in [-0.05, 0) is 35.1 Å². The first-order valence-electron chi connectivity index (χ1n) is 10.5. The number of carbonyl (C=O) groups is 2. The predicted octanol–water partition coefficient (Wildman–Crippen LogP) is 4.80. The Morgan fingerprint density at radius 3 is 2.14 bits per heavy atom. The third-order valence-electron chi connectivity index (χ3n) is 7.00. The van der Waals surface area contributed by atoms with E-state index in [-0.39, 0.29) is 18.1 Å². The van der Waals surface area contributed by atoms with E-state index in [9.17, 15) is 14.7 Å².